The third-order valence-corrected chi connectivity index (χ3v) is 10.4. The van der Waals surface area contributed by atoms with E-state index in [0.717, 1.165) is 17.1 Å². The number of para-hydroxylation sites is 5. The maximum Gasteiger partial charge on any atom is 0.0583 e. The number of anilines is 3. The molecule has 0 N–H and O–H groups in total. The zero-order chi connectivity index (χ0) is 32.0. The molecule has 0 radical (unpaired) electrons. The maximum atomic E-state index is 2.51. The van der Waals surface area contributed by atoms with Crippen molar-refractivity contribution in [3.8, 4) is 11.4 Å². The van der Waals surface area contributed by atoms with Crippen LogP contribution < -0.4 is 4.90 Å². The van der Waals surface area contributed by atoms with Crippen molar-refractivity contribution < 1.29 is 0 Å². The predicted molar refractivity (Wildman–Crippen MR) is 202 cm³/mol. The van der Waals surface area contributed by atoms with E-state index in [1.165, 1.54) is 66.1 Å². The van der Waals surface area contributed by atoms with E-state index < -0.39 is 0 Å². The van der Waals surface area contributed by atoms with Crippen molar-refractivity contribution in [3.63, 3.8) is 0 Å². The molecule has 7 aromatic carbocycles. The van der Waals surface area contributed by atoms with Crippen LogP contribution in [0.2, 0.25) is 0 Å². The summed E-state index contributed by atoms with van der Waals surface area (Å²) in [5.41, 5.74) is 13.3. The standard InChI is InChI=1S/C45H33N3/c1-45(2)38-21-11-14-24-43(38)48-42-26-25-32(46(30-15-5-3-6-16-30)31-17-7-4-8-18-31)27-36(42)37-28-33(29-39(45)44(37)48)47-40-22-12-9-19-34(40)35-20-10-13-23-41(35)47/h3-29H,1-2H3. The van der Waals surface area contributed by atoms with Gasteiger partial charge in [-0.15, -0.1) is 0 Å². The highest BCUT2D eigenvalue weighted by molar-refractivity contribution is 6.14. The van der Waals surface area contributed by atoms with Crippen molar-refractivity contribution in [3.05, 3.63) is 175 Å². The van der Waals surface area contributed by atoms with Crippen LogP contribution >= 0.6 is 0 Å². The lowest BCUT2D eigenvalue weighted by molar-refractivity contribution is 0.630. The van der Waals surface area contributed by atoms with Crippen molar-refractivity contribution in [2.45, 2.75) is 19.3 Å². The fourth-order valence-electron chi connectivity index (χ4n) is 8.26. The molecule has 0 bridgehead atoms. The summed E-state index contributed by atoms with van der Waals surface area (Å²) in [4.78, 5) is 2.36. The Labute approximate surface area is 279 Å². The fourth-order valence-corrected chi connectivity index (χ4v) is 8.26. The van der Waals surface area contributed by atoms with Crippen LogP contribution in [0.5, 0.6) is 0 Å². The van der Waals surface area contributed by atoms with Gasteiger partial charge in [-0.25, -0.2) is 0 Å². The first-order valence-electron chi connectivity index (χ1n) is 16.7. The molecule has 0 spiro atoms. The highest BCUT2D eigenvalue weighted by atomic mass is 15.1. The zero-order valence-corrected chi connectivity index (χ0v) is 26.9. The average Bonchev–Trinajstić information content (AvgIpc) is 3.65. The molecule has 0 unspecified atom stereocenters. The van der Waals surface area contributed by atoms with Crippen LogP contribution in [0.15, 0.2) is 164 Å². The minimum Gasteiger partial charge on any atom is -0.310 e. The Balaban J connectivity index is 1.33. The summed E-state index contributed by atoms with van der Waals surface area (Å²) in [6.45, 7) is 4.77. The van der Waals surface area contributed by atoms with Gasteiger partial charge in [0, 0.05) is 49.7 Å². The van der Waals surface area contributed by atoms with Gasteiger partial charge >= 0.3 is 0 Å². The molecule has 0 saturated heterocycles. The van der Waals surface area contributed by atoms with Gasteiger partial charge in [-0.3, -0.25) is 0 Å². The van der Waals surface area contributed by atoms with Gasteiger partial charge in [-0.2, -0.15) is 0 Å². The predicted octanol–water partition coefficient (Wildman–Crippen LogP) is 12.0. The van der Waals surface area contributed by atoms with Crippen molar-refractivity contribution in [1.29, 1.82) is 0 Å². The second-order valence-electron chi connectivity index (χ2n) is 13.4. The zero-order valence-electron chi connectivity index (χ0n) is 26.9. The van der Waals surface area contributed by atoms with Crippen molar-refractivity contribution >= 4 is 60.7 Å². The summed E-state index contributed by atoms with van der Waals surface area (Å²) < 4.78 is 4.97. The number of rotatable bonds is 4. The molecule has 1 aliphatic heterocycles. The highest BCUT2D eigenvalue weighted by Gasteiger charge is 2.36. The summed E-state index contributed by atoms with van der Waals surface area (Å²) in [6.07, 6.45) is 0. The van der Waals surface area contributed by atoms with Crippen molar-refractivity contribution in [2.24, 2.45) is 0 Å². The van der Waals surface area contributed by atoms with Gasteiger partial charge in [0.1, 0.15) is 0 Å². The summed E-state index contributed by atoms with van der Waals surface area (Å²) >= 11 is 0. The molecule has 228 valence electrons. The second-order valence-corrected chi connectivity index (χ2v) is 13.4. The lowest BCUT2D eigenvalue weighted by Gasteiger charge is -2.35. The molecule has 3 nitrogen and oxygen atoms in total. The number of benzene rings is 7. The molecule has 0 aliphatic carbocycles. The fraction of sp³-hybridized carbons (Fsp3) is 0.0667. The molecule has 0 fully saturated rings. The van der Waals surface area contributed by atoms with Crippen LogP contribution in [-0.4, -0.2) is 9.13 Å². The van der Waals surface area contributed by atoms with E-state index >= 15 is 0 Å². The quantitative estimate of drug-likeness (QED) is 0.192. The van der Waals surface area contributed by atoms with E-state index in [1.807, 2.05) is 0 Å². The Bertz CT molecular complexity index is 2600. The van der Waals surface area contributed by atoms with Crippen LogP contribution in [0.4, 0.5) is 17.1 Å². The van der Waals surface area contributed by atoms with E-state index in [2.05, 4.69) is 192 Å². The summed E-state index contributed by atoms with van der Waals surface area (Å²) in [7, 11) is 0. The van der Waals surface area contributed by atoms with Crippen molar-refractivity contribution in [2.75, 3.05) is 4.90 Å². The molecule has 9 aromatic rings. The maximum absolute atomic E-state index is 2.51. The van der Waals surface area contributed by atoms with Gasteiger partial charge < -0.3 is 14.0 Å². The van der Waals surface area contributed by atoms with Gasteiger partial charge in [0.05, 0.1) is 27.8 Å². The van der Waals surface area contributed by atoms with Crippen LogP contribution in [-0.2, 0) is 5.41 Å². The lowest BCUT2D eigenvalue weighted by atomic mass is 9.74. The lowest BCUT2D eigenvalue weighted by Crippen LogP contribution is -2.26. The minimum absolute atomic E-state index is 0.197. The van der Waals surface area contributed by atoms with Crippen molar-refractivity contribution in [1.82, 2.24) is 9.13 Å². The topological polar surface area (TPSA) is 13.1 Å². The molecule has 3 heteroatoms. The first kappa shape index (κ1) is 27.1. The summed E-state index contributed by atoms with van der Waals surface area (Å²) in [5, 5.41) is 5.07. The number of aromatic nitrogens is 2. The van der Waals surface area contributed by atoms with Gasteiger partial charge in [-0.1, -0.05) is 105 Å². The largest absolute Gasteiger partial charge is 0.310 e. The van der Waals surface area contributed by atoms with E-state index in [9.17, 15) is 0 Å². The number of hydrogen-bond acceptors (Lipinski definition) is 1. The summed E-state index contributed by atoms with van der Waals surface area (Å²) in [6, 6.07) is 59.8. The van der Waals surface area contributed by atoms with Gasteiger partial charge in [0.15, 0.2) is 0 Å². The Morgan fingerprint density at radius 2 is 0.979 bits per heavy atom. The first-order chi connectivity index (χ1) is 23.6. The van der Waals surface area contributed by atoms with E-state index in [-0.39, 0.29) is 5.41 Å². The molecule has 3 heterocycles. The van der Waals surface area contributed by atoms with E-state index in [1.54, 1.807) is 0 Å². The highest BCUT2D eigenvalue weighted by Crippen LogP contribution is 2.50. The third-order valence-electron chi connectivity index (χ3n) is 10.4. The molecule has 0 amide bonds. The molecule has 10 rings (SSSR count). The van der Waals surface area contributed by atoms with Crippen LogP contribution in [0, 0.1) is 0 Å². The number of fused-ring (bicyclic) bond motifs is 8. The minimum atomic E-state index is -0.197. The molecular formula is C45H33N3. The normalized spacial score (nSPS) is 13.4. The van der Waals surface area contributed by atoms with Crippen LogP contribution in [0.3, 0.4) is 0 Å². The third kappa shape index (κ3) is 3.70. The van der Waals surface area contributed by atoms with Gasteiger partial charge in [0.25, 0.3) is 0 Å². The van der Waals surface area contributed by atoms with E-state index in [0.29, 0.717) is 0 Å². The Kier molecular flexibility index (Phi) is 5.63. The molecule has 1 aliphatic rings. The first-order valence-corrected chi connectivity index (χ1v) is 16.7. The molecule has 2 aromatic heterocycles. The number of nitrogens with zero attached hydrogens (tertiary/aromatic N) is 3. The smallest absolute Gasteiger partial charge is 0.0583 e. The molecule has 0 atom stereocenters. The molecular weight excluding hydrogens is 583 g/mol. The Morgan fingerprint density at radius 3 is 1.65 bits per heavy atom. The SMILES string of the molecule is CC1(C)c2ccccc2-n2c3ccc(N(c4ccccc4)c4ccccc4)cc3c3cc(-n4c5ccccc5c5ccccc54)cc1c32. The van der Waals surface area contributed by atoms with Crippen LogP contribution in [0.1, 0.15) is 25.0 Å². The average molecular weight is 616 g/mol. The molecule has 48 heavy (non-hydrogen) atoms. The van der Waals surface area contributed by atoms with E-state index in [4.69, 9.17) is 0 Å². The Hall–Kier alpha value is -6.06. The second kappa shape index (κ2) is 9.97. The monoisotopic (exact) mass is 615 g/mol. The van der Waals surface area contributed by atoms with Gasteiger partial charge in [0.2, 0.25) is 0 Å². The Morgan fingerprint density at radius 1 is 0.417 bits per heavy atom. The van der Waals surface area contributed by atoms with Gasteiger partial charge in [-0.05, 0) is 83.9 Å². The summed E-state index contributed by atoms with van der Waals surface area (Å²) in [5.74, 6) is 0. The van der Waals surface area contributed by atoms with Crippen LogP contribution in [0.25, 0.3) is 55.0 Å². The molecule has 0 saturated carbocycles. The number of hydrogen-bond donors (Lipinski definition) is 0.